The number of aliphatic hydroxyl groups excluding tert-OH is 1. The van der Waals surface area contributed by atoms with Crippen molar-refractivity contribution in [2.45, 2.75) is 29.7 Å². The zero-order valence-electron chi connectivity index (χ0n) is 24.9. The number of thioether (sulfide) groups is 1. The molecule has 0 radical (unpaired) electrons. The molecule has 1 N–H and O–H groups in total. The summed E-state index contributed by atoms with van der Waals surface area (Å²) in [5, 5.41) is 20.7. The fourth-order valence-electron chi connectivity index (χ4n) is 5.04. The molecule has 1 aromatic heterocycles. The van der Waals surface area contributed by atoms with Gasteiger partial charge in [0.1, 0.15) is 18.2 Å². The third kappa shape index (κ3) is 7.02. The Hall–Kier alpha value is -4.71. The standard InChI is InChI=1S/C35H27ClFN3O5S2/c1-2-44-28-18-23(14-17-27(28)45-19-21-8-4-3-5-9-21)30-29(31(41)22-12-15-25(37)16-13-22)32(42)33(43)40(30)34-38-39-35(47-34)46-20-24-10-6-7-11-26(24)36/h3-18,30,41H,2,19-20H2,1H3/b31-29+. The van der Waals surface area contributed by atoms with Crippen molar-refractivity contribution in [3.63, 3.8) is 0 Å². The van der Waals surface area contributed by atoms with Crippen molar-refractivity contribution in [1.29, 1.82) is 0 Å². The Morgan fingerprint density at radius 1 is 0.957 bits per heavy atom. The van der Waals surface area contributed by atoms with Gasteiger partial charge in [0, 0.05) is 16.3 Å². The summed E-state index contributed by atoms with van der Waals surface area (Å²) in [6.07, 6.45) is 0. The van der Waals surface area contributed by atoms with Crippen LogP contribution in [0.1, 0.15) is 35.2 Å². The number of benzene rings is 4. The molecule has 1 aliphatic rings. The summed E-state index contributed by atoms with van der Waals surface area (Å²) < 4.78 is 26.3. The van der Waals surface area contributed by atoms with Crippen molar-refractivity contribution in [1.82, 2.24) is 10.2 Å². The number of amides is 1. The lowest BCUT2D eigenvalue weighted by Gasteiger charge is -2.23. The van der Waals surface area contributed by atoms with E-state index in [4.69, 9.17) is 21.1 Å². The molecule has 6 rings (SSSR count). The highest BCUT2D eigenvalue weighted by atomic mass is 35.5. The van der Waals surface area contributed by atoms with Crippen LogP contribution in [0, 0.1) is 5.82 Å². The van der Waals surface area contributed by atoms with Gasteiger partial charge in [-0.1, -0.05) is 89.3 Å². The van der Waals surface area contributed by atoms with Crippen molar-refractivity contribution in [2.24, 2.45) is 0 Å². The Morgan fingerprint density at radius 3 is 2.45 bits per heavy atom. The van der Waals surface area contributed by atoms with Crippen LogP contribution in [-0.4, -0.2) is 33.6 Å². The molecule has 0 saturated carbocycles. The number of nitrogens with zero attached hydrogens (tertiary/aromatic N) is 3. The topological polar surface area (TPSA) is 102 Å². The maximum absolute atomic E-state index is 13.7. The van der Waals surface area contributed by atoms with Gasteiger partial charge in [-0.25, -0.2) is 4.39 Å². The van der Waals surface area contributed by atoms with E-state index in [1.807, 2.05) is 55.5 Å². The molecule has 2 heterocycles. The lowest BCUT2D eigenvalue weighted by molar-refractivity contribution is -0.132. The first-order chi connectivity index (χ1) is 22.8. The Kier molecular flexibility index (Phi) is 9.86. The maximum Gasteiger partial charge on any atom is 0.301 e. The van der Waals surface area contributed by atoms with Crippen LogP contribution in [0.3, 0.4) is 0 Å². The summed E-state index contributed by atoms with van der Waals surface area (Å²) in [6, 6.07) is 26.1. The largest absolute Gasteiger partial charge is 0.507 e. The minimum absolute atomic E-state index is 0.166. The van der Waals surface area contributed by atoms with E-state index in [9.17, 15) is 19.1 Å². The average molecular weight is 688 g/mol. The van der Waals surface area contributed by atoms with E-state index < -0.39 is 29.3 Å². The molecule has 4 aromatic carbocycles. The van der Waals surface area contributed by atoms with Gasteiger partial charge in [0.2, 0.25) is 5.13 Å². The molecule has 238 valence electrons. The molecule has 8 nitrogen and oxygen atoms in total. The number of halogens is 2. The van der Waals surface area contributed by atoms with E-state index in [0.717, 1.165) is 22.5 Å². The molecule has 1 atom stereocenters. The van der Waals surface area contributed by atoms with Crippen LogP contribution in [-0.2, 0) is 21.9 Å². The quantitative estimate of drug-likeness (QED) is 0.0487. The van der Waals surface area contributed by atoms with Crippen molar-refractivity contribution >= 4 is 57.3 Å². The van der Waals surface area contributed by atoms with E-state index in [-0.39, 0.29) is 16.3 Å². The summed E-state index contributed by atoms with van der Waals surface area (Å²) >= 11 is 8.84. The summed E-state index contributed by atoms with van der Waals surface area (Å²) in [7, 11) is 0. The van der Waals surface area contributed by atoms with Crippen molar-refractivity contribution in [3.05, 3.63) is 136 Å². The van der Waals surface area contributed by atoms with Gasteiger partial charge in [0.25, 0.3) is 5.78 Å². The molecule has 1 amide bonds. The number of Topliss-reactive ketones (excluding diaryl/α,β-unsaturated/α-hetero) is 1. The van der Waals surface area contributed by atoms with Gasteiger partial charge in [-0.2, -0.15) is 0 Å². The van der Waals surface area contributed by atoms with E-state index in [1.165, 1.54) is 40.9 Å². The predicted octanol–water partition coefficient (Wildman–Crippen LogP) is 8.23. The molecule has 1 fully saturated rings. The molecule has 0 spiro atoms. The first-order valence-electron chi connectivity index (χ1n) is 14.5. The number of rotatable bonds is 11. The highest BCUT2D eigenvalue weighted by Crippen LogP contribution is 2.46. The second-order valence-corrected chi connectivity index (χ2v) is 12.9. The lowest BCUT2D eigenvalue weighted by atomic mass is 9.95. The van der Waals surface area contributed by atoms with Crippen LogP contribution in [0.2, 0.25) is 5.02 Å². The van der Waals surface area contributed by atoms with Gasteiger partial charge >= 0.3 is 5.91 Å². The summed E-state index contributed by atoms with van der Waals surface area (Å²) in [5.41, 5.74) is 2.33. The second kappa shape index (κ2) is 14.4. The molecular formula is C35H27ClFN3O5S2. The highest BCUT2D eigenvalue weighted by Gasteiger charge is 2.48. The summed E-state index contributed by atoms with van der Waals surface area (Å²) in [5.74, 6) is -1.40. The number of aromatic nitrogens is 2. The maximum atomic E-state index is 13.7. The monoisotopic (exact) mass is 687 g/mol. The summed E-state index contributed by atoms with van der Waals surface area (Å²) in [4.78, 5) is 28.6. The number of hydrogen-bond acceptors (Lipinski definition) is 9. The molecule has 1 unspecified atom stereocenters. The third-order valence-corrected chi connectivity index (χ3v) is 9.77. The number of hydrogen-bond donors (Lipinski definition) is 1. The predicted molar refractivity (Wildman–Crippen MR) is 180 cm³/mol. The molecule has 5 aromatic rings. The van der Waals surface area contributed by atoms with Crippen molar-refractivity contribution < 1.29 is 28.6 Å². The lowest BCUT2D eigenvalue weighted by Crippen LogP contribution is -2.29. The molecule has 1 aliphatic heterocycles. The molecule has 0 bridgehead atoms. The van der Waals surface area contributed by atoms with Crippen LogP contribution in [0.25, 0.3) is 5.76 Å². The van der Waals surface area contributed by atoms with Crippen LogP contribution < -0.4 is 14.4 Å². The Morgan fingerprint density at radius 2 is 1.70 bits per heavy atom. The molecule has 47 heavy (non-hydrogen) atoms. The number of ether oxygens (including phenoxy) is 2. The van der Waals surface area contributed by atoms with Gasteiger partial charge in [-0.15, -0.1) is 10.2 Å². The van der Waals surface area contributed by atoms with Crippen LogP contribution in [0.5, 0.6) is 11.5 Å². The minimum atomic E-state index is -1.10. The van der Waals surface area contributed by atoms with E-state index in [1.54, 1.807) is 24.3 Å². The Balaban J connectivity index is 1.39. The molecule has 12 heteroatoms. The smallest absolute Gasteiger partial charge is 0.301 e. The Labute approximate surface area is 283 Å². The molecule has 1 saturated heterocycles. The fourth-order valence-corrected chi connectivity index (χ4v) is 7.19. The molecule has 0 aliphatic carbocycles. The van der Waals surface area contributed by atoms with Crippen LogP contribution in [0.4, 0.5) is 9.52 Å². The normalized spacial score (nSPS) is 15.6. The zero-order valence-corrected chi connectivity index (χ0v) is 27.3. The average Bonchev–Trinajstić information content (AvgIpc) is 3.66. The van der Waals surface area contributed by atoms with Gasteiger partial charge in [-0.3, -0.25) is 14.5 Å². The number of ketones is 1. The first-order valence-corrected chi connectivity index (χ1v) is 16.7. The summed E-state index contributed by atoms with van der Waals surface area (Å²) in [6.45, 7) is 2.45. The number of anilines is 1. The van der Waals surface area contributed by atoms with Crippen molar-refractivity contribution in [2.75, 3.05) is 11.5 Å². The van der Waals surface area contributed by atoms with Gasteiger partial charge < -0.3 is 14.6 Å². The van der Waals surface area contributed by atoms with Crippen LogP contribution >= 0.6 is 34.7 Å². The van der Waals surface area contributed by atoms with Gasteiger partial charge in [0.05, 0.1) is 18.2 Å². The third-order valence-electron chi connectivity index (χ3n) is 7.29. The first kappa shape index (κ1) is 32.2. The number of carbonyl (C=O) groups excluding carboxylic acids is 2. The van der Waals surface area contributed by atoms with Crippen LogP contribution in [0.15, 0.2) is 107 Å². The van der Waals surface area contributed by atoms with E-state index in [0.29, 0.717) is 45.4 Å². The van der Waals surface area contributed by atoms with Gasteiger partial charge in [0.15, 0.2) is 15.8 Å². The zero-order chi connectivity index (χ0) is 32.9. The highest BCUT2D eigenvalue weighted by molar-refractivity contribution is 8.00. The second-order valence-electron chi connectivity index (χ2n) is 10.3. The van der Waals surface area contributed by atoms with E-state index in [2.05, 4.69) is 10.2 Å². The Bertz CT molecular complexity index is 1950. The number of aliphatic hydroxyl groups is 1. The molecular weight excluding hydrogens is 661 g/mol. The SMILES string of the molecule is CCOc1cc(C2/C(=C(\O)c3ccc(F)cc3)C(=O)C(=O)N2c2nnc(SCc3ccccc3Cl)s2)ccc1OCc1ccccc1. The fraction of sp³-hybridized carbons (Fsp3) is 0.143. The van der Waals surface area contributed by atoms with Crippen molar-refractivity contribution in [3.8, 4) is 11.5 Å². The van der Waals surface area contributed by atoms with E-state index >= 15 is 0 Å². The minimum Gasteiger partial charge on any atom is -0.507 e. The van der Waals surface area contributed by atoms with Gasteiger partial charge in [-0.05, 0) is 66.1 Å². The number of carbonyl (C=O) groups is 2.